The molecule has 1 nitrogen and oxygen atoms in total. The van der Waals surface area contributed by atoms with Crippen LogP contribution in [0.15, 0.2) is 197 Å². The number of benzene rings is 6. The van der Waals surface area contributed by atoms with Gasteiger partial charge in [-0.05, 0) is 96.8 Å². The summed E-state index contributed by atoms with van der Waals surface area (Å²) in [4.78, 5) is 7.88. The number of rotatable bonds is 8. The lowest BCUT2D eigenvalue weighted by molar-refractivity contribution is 1.21. The number of hydrogen-bond donors (Lipinski definition) is 0. The molecule has 0 unspecified atom stereocenters. The van der Waals surface area contributed by atoms with Crippen molar-refractivity contribution < 1.29 is 0 Å². The van der Waals surface area contributed by atoms with Gasteiger partial charge in [-0.15, -0.1) is 10.0 Å². The lowest BCUT2D eigenvalue weighted by Gasteiger charge is -2.42. The van der Waals surface area contributed by atoms with Gasteiger partial charge >= 0.3 is 0 Å². The zero-order valence-corrected chi connectivity index (χ0v) is 29.2. The molecular formula is C46H43NS. The van der Waals surface area contributed by atoms with Crippen LogP contribution in [-0.2, 0) is 0 Å². The molecule has 238 valence electrons. The first kappa shape index (κ1) is 32.6. The zero-order valence-electron chi connectivity index (χ0n) is 28.4. The van der Waals surface area contributed by atoms with Gasteiger partial charge in [0.2, 0.25) is 0 Å². The smallest absolute Gasteiger partial charge is 0.0598 e. The average molecular weight is 642 g/mol. The maximum atomic E-state index is 4.03. The second-order valence-electron chi connectivity index (χ2n) is 11.7. The predicted molar refractivity (Wildman–Crippen MR) is 209 cm³/mol. The van der Waals surface area contributed by atoms with E-state index in [1.165, 1.54) is 47.5 Å². The number of aryl methyl sites for hydroxylation is 2. The molecule has 0 N–H and O–H groups in total. The van der Waals surface area contributed by atoms with Crippen molar-refractivity contribution in [3.05, 3.63) is 194 Å². The summed E-state index contributed by atoms with van der Waals surface area (Å²) >= 11 is 0. The lowest BCUT2D eigenvalue weighted by atomic mass is 10.0. The summed E-state index contributed by atoms with van der Waals surface area (Å²) in [5.41, 5.74) is 10.7. The number of allylic oxidation sites excluding steroid dienone is 4. The van der Waals surface area contributed by atoms with Gasteiger partial charge in [0, 0.05) is 31.0 Å². The Morgan fingerprint density at radius 1 is 0.562 bits per heavy atom. The van der Waals surface area contributed by atoms with Gasteiger partial charge in [0.05, 0.1) is 5.69 Å². The Morgan fingerprint density at radius 2 is 1.10 bits per heavy atom. The fraction of sp³-hybridized carbons (Fsp3) is 0.0870. The van der Waals surface area contributed by atoms with Crippen molar-refractivity contribution in [2.75, 3.05) is 4.90 Å². The third-order valence-electron chi connectivity index (χ3n) is 8.79. The van der Waals surface area contributed by atoms with Crippen LogP contribution < -0.4 is 4.90 Å². The minimum atomic E-state index is -1.87. The fourth-order valence-corrected chi connectivity index (χ4v) is 11.0. The summed E-state index contributed by atoms with van der Waals surface area (Å²) in [6, 6.07) is 53.9. The van der Waals surface area contributed by atoms with Crippen molar-refractivity contribution in [3.8, 4) is 11.1 Å². The standard InChI is InChI=1S/C44H37NS.C2H6/c1-5-13-34(6-2)35-24-26-37(27-25-35)45(36-14-8-7-9-15-36)42-18-12-17-41-40-16-10-11-19-43(40)46(44(41)42,38-28-20-32(3)21-29-38)39-30-22-33(4)23-31-39;1-2/h5-31H,1-2H2,3-4H3;1-2H3/b34-13+;. The Balaban J connectivity index is 0.00000197. The van der Waals surface area contributed by atoms with Gasteiger partial charge in [0.15, 0.2) is 0 Å². The molecule has 0 spiro atoms. The van der Waals surface area contributed by atoms with E-state index in [0.29, 0.717) is 0 Å². The molecule has 0 saturated carbocycles. The predicted octanol–water partition coefficient (Wildman–Crippen LogP) is 13.9. The minimum absolute atomic E-state index is 1.05. The van der Waals surface area contributed by atoms with E-state index in [9.17, 15) is 0 Å². The molecule has 7 rings (SSSR count). The first-order chi connectivity index (χ1) is 23.6. The van der Waals surface area contributed by atoms with E-state index in [0.717, 1.165) is 22.5 Å². The van der Waals surface area contributed by atoms with Crippen LogP contribution in [0.2, 0.25) is 0 Å². The van der Waals surface area contributed by atoms with E-state index >= 15 is 0 Å². The molecule has 0 saturated heterocycles. The molecule has 0 radical (unpaired) electrons. The fourth-order valence-electron chi connectivity index (χ4n) is 6.63. The first-order valence-corrected chi connectivity index (χ1v) is 18.3. The Morgan fingerprint density at radius 3 is 1.69 bits per heavy atom. The largest absolute Gasteiger partial charge is 0.309 e. The molecule has 1 aliphatic heterocycles. The molecule has 1 aliphatic rings. The number of hydrogen-bond acceptors (Lipinski definition) is 1. The molecule has 0 aliphatic carbocycles. The van der Waals surface area contributed by atoms with Crippen molar-refractivity contribution in [2.45, 2.75) is 47.3 Å². The number of fused-ring (bicyclic) bond motifs is 3. The maximum Gasteiger partial charge on any atom is 0.0598 e. The number of para-hydroxylation sites is 1. The van der Waals surface area contributed by atoms with Crippen LogP contribution in [0.25, 0.3) is 16.7 Å². The highest BCUT2D eigenvalue weighted by Gasteiger charge is 2.44. The van der Waals surface area contributed by atoms with Crippen LogP contribution in [0.5, 0.6) is 0 Å². The van der Waals surface area contributed by atoms with Gasteiger partial charge in [0.1, 0.15) is 0 Å². The van der Waals surface area contributed by atoms with Crippen LogP contribution in [0.3, 0.4) is 0 Å². The summed E-state index contributed by atoms with van der Waals surface area (Å²) in [5, 5.41) is 0. The summed E-state index contributed by atoms with van der Waals surface area (Å²) in [5.74, 6) is 0. The third-order valence-corrected chi connectivity index (χ3v) is 12.8. The molecule has 48 heavy (non-hydrogen) atoms. The van der Waals surface area contributed by atoms with Crippen LogP contribution in [0.1, 0.15) is 30.5 Å². The van der Waals surface area contributed by atoms with Crippen LogP contribution in [0, 0.1) is 13.8 Å². The summed E-state index contributed by atoms with van der Waals surface area (Å²) in [6.45, 7) is 16.3. The Bertz CT molecular complexity index is 2020. The number of anilines is 3. The van der Waals surface area contributed by atoms with Crippen LogP contribution >= 0.6 is 10.0 Å². The average Bonchev–Trinajstić information content (AvgIpc) is 3.45. The molecule has 2 heteroatoms. The van der Waals surface area contributed by atoms with E-state index in [4.69, 9.17) is 0 Å². The van der Waals surface area contributed by atoms with Gasteiger partial charge in [-0.1, -0.05) is 141 Å². The topological polar surface area (TPSA) is 3.24 Å². The van der Waals surface area contributed by atoms with E-state index in [1.54, 1.807) is 0 Å². The van der Waals surface area contributed by atoms with Crippen LogP contribution in [0.4, 0.5) is 17.1 Å². The van der Waals surface area contributed by atoms with Gasteiger partial charge in [-0.25, -0.2) is 0 Å². The second kappa shape index (κ2) is 14.2. The molecule has 0 amide bonds. The van der Waals surface area contributed by atoms with Crippen LogP contribution in [-0.4, -0.2) is 0 Å². The number of nitrogens with zero attached hydrogens (tertiary/aromatic N) is 1. The quantitative estimate of drug-likeness (QED) is 0.149. The molecule has 0 fully saturated rings. The third kappa shape index (κ3) is 5.63. The van der Waals surface area contributed by atoms with Crippen molar-refractivity contribution in [3.63, 3.8) is 0 Å². The molecule has 6 aromatic carbocycles. The van der Waals surface area contributed by atoms with E-state index in [-0.39, 0.29) is 0 Å². The van der Waals surface area contributed by atoms with E-state index < -0.39 is 10.0 Å². The molecule has 0 atom stereocenters. The monoisotopic (exact) mass is 641 g/mol. The van der Waals surface area contributed by atoms with E-state index in [1.807, 2.05) is 32.1 Å². The lowest BCUT2D eigenvalue weighted by Crippen LogP contribution is -2.13. The SMILES string of the molecule is C=C/C=C(\C=C)c1ccc(N(c2ccccc2)c2cccc3c2S(c2ccc(C)cc2)(c2ccc(C)cc2)c2ccccc2-3)cc1.CC. The Labute approximate surface area is 288 Å². The normalized spacial score (nSPS) is 13.3. The highest BCUT2D eigenvalue weighted by atomic mass is 32.3. The molecule has 6 aromatic rings. The Kier molecular flexibility index (Phi) is 9.66. The molecule has 0 bridgehead atoms. The van der Waals surface area contributed by atoms with E-state index in [2.05, 4.69) is 177 Å². The first-order valence-electron chi connectivity index (χ1n) is 16.7. The molecule has 1 heterocycles. The summed E-state index contributed by atoms with van der Waals surface area (Å²) in [7, 11) is -1.87. The Hall–Kier alpha value is -5.31. The van der Waals surface area contributed by atoms with Crippen molar-refractivity contribution in [1.29, 1.82) is 0 Å². The minimum Gasteiger partial charge on any atom is -0.309 e. The molecular weight excluding hydrogens is 599 g/mol. The summed E-state index contributed by atoms with van der Waals surface area (Å²) < 4.78 is 0. The summed E-state index contributed by atoms with van der Waals surface area (Å²) in [6.07, 6.45) is 5.69. The molecule has 0 aromatic heterocycles. The maximum absolute atomic E-state index is 4.03. The highest BCUT2D eigenvalue weighted by Crippen LogP contribution is 2.81. The van der Waals surface area contributed by atoms with Gasteiger partial charge in [-0.3, -0.25) is 0 Å². The highest BCUT2D eigenvalue weighted by molar-refractivity contribution is 8.34. The van der Waals surface area contributed by atoms with Gasteiger partial charge < -0.3 is 4.90 Å². The van der Waals surface area contributed by atoms with Crippen molar-refractivity contribution >= 4 is 32.7 Å². The van der Waals surface area contributed by atoms with Gasteiger partial charge in [0.25, 0.3) is 0 Å². The zero-order chi connectivity index (χ0) is 33.7. The second-order valence-corrected chi connectivity index (χ2v) is 14.7. The van der Waals surface area contributed by atoms with Crippen molar-refractivity contribution in [2.24, 2.45) is 0 Å². The van der Waals surface area contributed by atoms with Crippen molar-refractivity contribution in [1.82, 2.24) is 0 Å². The van der Waals surface area contributed by atoms with Gasteiger partial charge in [-0.2, -0.15) is 0 Å².